The predicted octanol–water partition coefficient (Wildman–Crippen LogP) is 3.39. The molecule has 166 valence electrons. The van der Waals surface area contributed by atoms with Crippen molar-refractivity contribution in [3.63, 3.8) is 0 Å². The summed E-state index contributed by atoms with van der Waals surface area (Å²) in [6.45, 7) is -1.27. The van der Waals surface area contributed by atoms with E-state index in [4.69, 9.17) is 14.3 Å². The molecule has 0 spiro atoms. The zero-order valence-corrected chi connectivity index (χ0v) is 17.4. The van der Waals surface area contributed by atoms with E-state index in [0.717, 1.165) is 17.0 Å². The topological polar surface area (TPSA) is 83.6 Å². The van der Waals surface area contributed by atoms with Gasteiger partial charge in [0.15, 0.2) is 0 Å². The number of carbonyl (C=O) groups excluding carboxylic acids is 4. The molecule has 0 saturated carbocycles. The fourth-order valence-electron chi connectivity index (χ4n) is 3.74. The highest BCUT2D eigenvalue weighted by molar-refractivity contribution is 6.30. The maximum atomic E-state index is 14.6. The number of rotatable bonds is 6. The summed E-state index contributed by atoms with van der Waals surface area (Å²) >= 11 is 5.71. The Morgan fingerprint density at radius 2 is 1.97 bits per heavy atom. The number of halogens is 3. The van der Waals surface area contributed by atoms with Crippen LogP contribution in [0.4, 0.5) is 8.78 Å². The lowest BCUT2D eigenvalue weighted by molar-refractivity contribution is -0.144. The highest BCUT2D eigenvalue weighted by Gasteiger charge is 2.41. The van der Waals surface area contributed by atoms with Gasteiger partial charge < -0.3 is 4.90 Å². The second kappa shape index (κ2) is 8.43. The smallest absolute Gasteiger partial charge is 0.322 e. The number of aryl methyl sites for hydroxylation is 1. The Hall–Kier alpha value is -3.13. The maximum absolute atomic E-state index is 14.6. The van der Waals surface area contributed by atoms with Gasteiger partial charge in [-0.3, -0.25) is 24.5 Å². The van der Waals surface area contributed by atoms with Crippen molar-refractivity contribution in [3.05, 3.63) is 69.7 Å². The molecule has 2 unspecified atom stereocenters. The van der Waals surface area contributed by atoms with Crippen LogP contribution in [0.3, 0.4) is 0 Å². The molecule has 2 aromatic rings. The molecule has 2 aromatic carbocycles. The Morgan fingerprint density at radius 3 is 2.66 bits per heavy atom. The summed E-state index contributed by atoms with van der Waals surface area (Å²) in [5.74, 6) is -6.81. The molecule has 3 amide bonds. The molecule has 1 N–H and O–H groups in total. The molecular weight excluding hydrogens is 442 g/mol. The number of hydrogen-bond donors (Lipinski definition) is 1. The minimum atomic E-state index is -3.74. The molecule has 32 heavy (non-hydrogen) atoms. The van der Waals surface area contributed by atoms with Crippen molar-refractivity contribution in [1.29, 1.82) is 0 Å². The van der Waals surface area contributed by atoms with E-state index in [-0.39, 0.29) is 47.0 Å². The van der Waals surface area contributed by atoms with Crippen molar-refractivity contribution in [2.45, 2.75) is 44.2 Å². The number of nitrogens with zero attached hydrogens (tertiary/aromatic N) is 1. The molecule has 4 rings (SSSR count). The van der Waals surface area contributed by atoms with Crippen LogP contribution in [0.1, 0.15) is 49.1 Å². The minimum absolute atomic E-state index is 0.0299. The Balaban J connectivity index is 1.52. The molecule has 1 saturated heterocycles. The van der Waals surface area contributed by atoms with Crippen molar-refractivity contribution in [2.24, 2.45) is 0 Å². The second-order valence-electron chi connectivity index (χ2n) is 7.64. The first-order chi connectivity index (χ1) is 16.0. The molecule has 0 aliphatic carbocycles. The van der Waals surface area contributed by atoms with E-state index in [9.17, 15) is 28.0 Å². The number of benzene rings is 2. The van der Waals surface area contributed by atoms with E-state index < -0.39 is 54.0 Å². The summed E-state index contributed by atoms with van der Waals surface area (Å²) in [7, 11) is 0. The number of imide groups is 1. The van der Waals surface area contributed by atoms with Crippen LogP contribution >= 0.6 is 11.6 Å². The van der Waals surface area contributed by atoms with Gasteiger partial charge in [0.25, 0.3) is 5.91 Å². The molecule has 0 bridgehead atoms. The molecule has 0 radical (unpaired) electrons. The van der Waals surface area contributed by atoms with Crippen LogP contribution in [0, 0.1) is 0 Å². The zero-order valence-electron chi connectivity index (χ0n) is 18.7. The molecule has 1 fully saturated rings. The number of alkyl halides is 2. The quantitative estimate of drug-likeness (QED) is 0.667. The molecule has 2 atom stereocenters. The Kier molecular flexibility index (Phi) is 5.15. The summed E-state index contributed by atoms with van der Waals surface area (Å²) < 4.78 is 45.8. The fourth-order valence-corrected chi connectivity index (χ4v) is 3.87. The maximum Gasteiger partial charge on any atom is 0.330 e. The predicted molar refractivity (Wildman–Crippen MR) is 111 cm³/mol. The normalized spacial score (nSPS) is 21.7. The van der Waals surface area contributed by atoms with Gasteiger partial charge in [0, 0.05) is 35.5 Å². The molecule has 2 aliphatic rings. The Bertz CT molecular complexity index is 1210. The van der Waals surface area contributed by atoms with E-state index in [2.05, 4.69) is 5.32 Å². The van der Waals surface area contributed by atoms with Crippen molar-refractivity contribution >= 4 is 35.1 Å². The van der Waals surface area contributed by atoms with Crippen LogP contribution in [0.25, 0.3) is 0 Å². The third kappa shape index (κ3) is 4.14. The van der Waals surface area contributed by atoms with Crippen molar-refractivity contribution < 1.29 is 30.7 Å². The summed E-state index contributed by atoms with van der Waals surface area (Å²) in [6, 6.07) is 6.15. The Morgan fingerprint density at radius 1 is 1.25 bits per heavy atom. The molecule has 6 nitrogen and oxygen atoms in total. The van der Waals surface area contributed by atoms with Gasteiger partial charge in [-0.2, -0.15) is 8.78 Å². The lowest BCUT2D eigenvalue weighted by Gasteiger charge is -2.29. The van der Waals surface area contributed by atoms with Gasteiger partial charge >= 0.3 is 5.92 Å². The lowest BCUT2D eigenvalue weighted by atomic mass is 9.97. The van der Waals surface area contributed by atoms with Crippen molar-refractivity contribution in [1.82, 2.24) is 10.2 Å². The average Bonchev–Trinajstić information content (AvgIpc) is 3.01. The SMILES string of the molecule is [2H]c1cc2c(cc1CCC(=O)C(F)(F)c1ccc(Cl)cc1)C([2H])N(C1CCC(=O)NC1=O)C2=O. The second-order valence-corrected chi connectivity index (χ2v) is 8.08. The molecule has 9 heteroatoms. The van der Waals surface area contributed by atoms with Gasteiger partial charge in [0.05, 0.1) is 2.74 Å². The first kappa shape index (κ1) is 19.5. The van der Waals surface area contributed by atoms with Crippen LogP contribution < -0.4 is 5.32 Å². The van der Waals surface area contributed by atoms with Crippen LogP contribution in [0.5, 0.6) is 0 Å². The highest BCUT2D eigenvalue weighted by Crippen LogP contribution is 2.32. The van der Waals surface area contributed by atoms with Gasteiger partial charge in [-0.1, -0.05) is 35.8 Å². The van der Waals surface area contributed by atoms with Crippen molar-refractivity contribution in [3.8, 4) is 0 Å². The summed E-state index contributed by atoms with van der Waals surface area (Å²) in [5, 5.41) is 2.41. The number of nitrogens with one attached hydrogen (secondary N) is 1. The number of amides is 3. The van der Waals surface area contributed by atoms with Gasteiger partial charge in [-0.25, -0.2) is 0 Å². The number of hydrogen-bond acceptors (Lipinski definition) is 4. The lowest BCUT2D eigenvalue weighted by Crippen LogP contribution is -2.52. The number of carbonyl (C=O) groups is 4. The van der Waals surface area contributed by atoms with Crippen LogP contribution in [-0.2, 0) is 33.2 Å². The van der Waals surface area contributed by atoms with Crippen LogP contribution in [0.15, 0.2) is 42.4 Å². The third-order valence-corrected chi connectivity index (χ3v) is 5.76. The highest BCUT2D eigenvalue weighted by atomic mass is 35.5. The number of fused-ring (bicyclic) bond motifs is 1. The van der Waals surface area contributed by atoms with Crippen molar-refractivity contribution in [2.75, 3.05) is 0 Å². The third-order valence-electron chi connectivity index (χ3n) is 5.51. The first-order valence-electron chi connectivity index (χ1n) is 11.0. The summed E-state index contributed by atoms with van der Waals surface area (Å²) in [4.78, 5) is 49.8. The fraction of sp³-hybridized carbons (Fsp3) is 0.304. The van der Waals surface area contributed by atoms with E-state index in [1.807, 2.05) is 0 Å². The summed E-state index contributed by atoms with van der Waals surface area (Å²) in [6.07, 6.45) is -0.641. The number of Topliss-reactive ketones (excluding diaryl/α,β-unsaturated/α-hetero) is 1. The van der Waals surface area contributed by atoms with Crippen LogP contribution in [0.2, 0.25) is 5.02 Å². The minimum Gasteiger partial charge on any atom is -0.322 e. The van der Waals surface area contributed by atoms with Gasteiger partial charge in [-0.15, -0.1) is 0 Å². The van der Waals surface area contributed by atoms with E-state index in [1.165, 1.54) is 24.3 Å². The molecule has 2 heterocycles. The van der Waals surface area contributed by atoms with Crippen LogP contribution in [-0.4, -0.2) is 34.4 Å². The standard InChI is InChI=1S/C23H19ClF2N2O4/c24-16-5-3-15(4-6-16)23(25,26)19(29)9-2-13-1-7-17-14(11-13)12-28(22(17)32)18-8-10-20(30)27-21(18)31/h1,3-7,11,18H,2,8-10,12H2,(H,27,30,31)/i1D,12D. The molecule has 2 aliphatic heterocycles. The largest absolute Gasteiger partial charge is 0.330 e. The van der Waals surface area contributed by atoms with Gasteiger partial charge in [0.1, 0.15) is 6.04 Å². The summed E-state index contributed by atoms with van der Waals surface area (Å²) in [5.41, 5.74) is 0.0294. The number of ketones is 1. The monoisotopic (exact) mass is 462 g/mol. The van der Waals surface area contributed by atoms with E-state index >= 15 is 0 Å². The van der Waals surface area contributed by atoms with E-state index in [0.29, 0.717) is 0 Å². The zero-order chi connectivity index (χ0) is 24.8. The molecule has 0 aromatic heterocycles. The average molecular weight is 463 g/mol. The Labute approximate surface area is 190 Å². The molecular formula is C23H19ClF2N2O4. The van der Waals surface area contributed by atoms with E-state index in [1.54, 1.807) is 0 Å². The first-order valence-corrected chi connectivity index (χ1v) is 10.3. The van der Waals surface area contributed by atoms with Gasteiger partial charge in [-0.05, 0) is 42.2 Å². The van der Waals surface area contributed by atoms with Gasteiger partial charge in [0.2, 0.25) is 17.6 Å². The number of piperidine rings is 1.